The first kappa shape index (κ1) is 12.3. The van der Waals surface area contributed by atoms with Crippen LogP contribution in [0.1, 0.15) is 12.8 Å². The van der Waals surface area contributed by atoms with Crippen LogP contribution in [0.25, 0.3) is 0 Å². The van der Waals surface area contributed by atoms with Gasteiger partial charge in [0.15, 0.2) is 0 Å². The predicted molar refractivity (Wildman–Crippen MR) is 64.4 cm³/mol. The quantitative estimate of drug-likeness (QED) is 0.860. The van der Waals surface area contributed by atoms with Crippen LogP contribution in [-0.4, -0.2) is 37.3 Å². The molecule has 2 N–H and O–H groups in total. The topological polar surface area (TPSA) is 51.4 Å². The Hall–Kier alpha value is -1.20. The first-order chi connectivity index (χ1) is 8.24. The molecule has 0 bridgehead atoms. The Bertz CT molecular complexity index is 357. The van der Waals surface area contributed by atoms with Crippen LogP contribution in [0.2, 0.25) is 0 Å². The molecule has 0 aliphatic carbocycles. The number of piperidine rings is 1. The van der Waals surface area contributed by atoms with Crippen LogP contribution < -0.4 is 10.6 Å². The Morgan fingerprint density at radius 1 is 1.59 bits per heavy atom. The van der Waals surface area contributed by atoms with Gasteiger partial charge in [0.05, 0.1) is 12.3 Å². The fraction of sp³-hybridized carbons (Fsp3) is 0.583. The largest absolute Gasteiger partial charge is 0.381 e. The van der Waals surface area contributed by atoms with Gasteiger partial charge in [-0.1, -0.05) is 0 Å². The molecule has 2 atom stereocenters. The van der Waals surface area contributed by atoms with Crippen molar-refractivity contribution < 1.29 is 9.13 Å². The molecule has 2 unspecified atom stereocenters. The van der Waals surface area contributed by atoms with Crippen LogP contribution in [0.4, 0.5) is 10.2 Å². The molecule has 17 heavy (non-hydrogen) atoms. The molecular formula is C12H18FN3O. The number of nitrogens with two attached hydrogens (primary N) is 1. The van der Waals surface area contributed by atoms with Crippen LogP contribution in [0, 0.1) is 5.82 Å². The van der Waals surface area contributed by atoms with E-state index in [4.69, 9.17) is 10.5 Å². The van der Waals surface area contributed by atoms with Gasteiger partial charge in [-0.05, 0) is 25.0 Å². The Labute approximate surface area is 101 Å². The SMILES string of the molecule is COC1CCN(c2ccc(F)cn2)C(CN)C1. The Balaban J connectivity index is 2.12. The Morgan fingerprint density at radius 2 is 2.41 bits per heavy atom. The molecule has 1 aliphatic heterocycles. The molecule has 0 radical (unpaired) electrons. The van der Waals surface area contributed by atoms with E-state index in [1.165, 1.54) is 12.3 Å². The zero-order valence-corrected chi connectivity index (χ0v) is 9.97. The summed E-state index contributed by atoms with van der Waals surface area (Å²) in [6.45, 7) is 1.40. The molecular weight excluding hydrogens is 221 g/mol. The minimum Gasteiger partial charge on any atom is -0.381 e. The molecule has 2 rings (SSSR count). The molecule has 0 saturated carbocycles. The van der Waals surface area contributed by atoms with E-state index in [0.29, 0.717) is 6.54 Å². The van der Waals surface area contributed by atoms with Gasteiger partial charge in [0.25, 0.3) is 0 Å². The molecule has 2 heterocycles. The lowest BCUT2D eigenvalue weighted by molar-refractivity contribution is 0.0708. The van der Waals surface area contributed by atoms with Gasteiger partial charge in [-0.2, -0.15) is 0 Å². The predicted octanol–water partition coefficient (Wildman–Crippen LogP) is 1.16. The summed E-state index contributed by atoms with van der Waals surface area (Å²) < 4.78 is 18.2. The molecule has 0 aromatic carbocycles. The lowest BCUT2D eigenvalue weighted by atomic mass is 9.99. The number of hydrogen-bond acceptors (Lipinski definition) is 4. The number of anilines is 1. The fourth-order valence-electron chi connectivity index (χ4n) is 2.29. The third-order valence-electron chi connectivity index (χ3n) is 3.28. The van der Waals surface area contributed by atoms with E-state index in [2.05, 4.69) is 9.88 Å². The molecule has 1 aromatic heterocycles. The average Bonchev–Trinajstić information content (AvgIpc) is 2.39. The summed E-state index contributed by atoms with van der Waals surface area (Å²) in [6.07, 6.45) is 3.35. The highest BCUT2D eigenvalue weighted by Crippen LogP contribution is 2.24. The van der Waals surface area contributed by atoms with Gasteiger partial charge >= 0.3 is 0 Å². The van der Waals surface area contributed by atoms with E-state index < -0.39 is 0 Å². The van der Waals surface area contributed by atoms with Crippen LogP contribution >= 0.6 is 0 Å². The standard InChI is InChI=1S/C12H18FN3O/c1-17-11-4-5-16(10(6-11)7-14)12-3-2-9(13)8-15-12/h2-3,8,10-11H,4-7,14H2,1H3. The van der Waals surface area contributed by atoms with E-state index >= 15 is 0 Å². The van der Waals surface area contributed by atoms with Gasteiger partial charge in [0.1, 0.15) is 11.6 Å². The van der Waals surface area contributed by atoms with Gasteiger partial charge in [0.2, 0.25) is 0 Å². The molecule has 1 fully saturated rings. The first-order valence-corrected chi connectivity index (χ1v) is 5.85. The molecule has 0 spiro atoms. The maximum absolute atomic E-state index is 12.8. The zero-order chi connectivity index (χ0) is 12.3. The smallest absolute Gasteiger partial charge is 0.141 e. The van der Waals surface area contributed by atoms with Crippen molar-refractivity contribution in [3.8, 4) is 0 Å². The number of ether oxygens (including phenoxy) is 1. The fourth-order valence-corrected chi connectivity index (χ4v) is 2.29. The van der Waals surface area contributed by atoms with Gasteiger partial charge in [0, 0.05) is 26.2 Å². The van der Waals surface area contributed by atoms with E-state index in [9.17, 15) is 4.39 Å². The maximum atomic E-state index is 12.8. The number of hydrogen-bond donors (Lipinski definition) is 1. The summed E-state index contributed by atoms with van der Waals surface area (Å²) in [5.74, 6) is 0.473. The van der Waals surface area contributed by atoms with Crippen molar-refractivity contribution >= 4 is 5.82 Å². The van der Waals surface area contributed by atoms with E-state index in [0.717, 1.165) is 25.2 Å². The number of aromatic nitrogens is 1. The van der Waals surface area contributed by atoms with Gasteiger partial charge < -0.3 is 15.4 Å². The Morgan fingerprint density at radius 3 is 3.00 bits per heavy atom. The van der Waals surface area contributed by atoms with Gasteiger partial charge in [-0.3, -0.25) is 0 Å². The maximum Gasteiger partial charge on any atom is 0.141 e. The summed E-state index contributed by atoms with van der Waals surface area (Å²) in [7, 11) is 1.73. The lowest BCUT2D eigenvalue weighted by Gasteiger charge is -2.39. The number of methoxy groups -OCH3 is 1. The summed E-state index contributed by atoms with van der Waals surface area (Å²) in [5.41, 5.74) is 5.78. The second kappa shape index (κ2) is 5.42. The minimum atomic E-state index is -0.315. The summed E-state index contributed by atoms with van der Waals surface area (Å²) in [4.78, 5) is 6.24. The van der Waals surface area contributed by atoms with Crippen molar-refractivity contribution in [1.29, 1.82) is 0 Å². The van der Waals surface area contributed by atoms with E-state index in [1.54, 1.807) is 13.2 Å². The second-order valence-corrected chi connectivity index (χ2v) is 4.30. The van der Waals surface area contributed by atoms with Gasteiger partial charge in [-0.15, -0.1) is 0 Å². The average molecular weight is 239 g/mol. The number of nitrogens with zero attached hydrogens (tertiary/aromatic N) is 2. The van der Waals surface area contributed by atoms with Gasteiger partial charge in [-0.25, -0.2) is 9.37 Å². The van der Waals surface area contributed by atoms with Crippen LogP contribution in [0.15, 0.2) is 18.3 Å². The van der Waals surface area contributed by atoms with Crippen LogP contribution in [-0.2, 0) is 4.74 Å². The third kappa shape index (κ3) is 2.73. The second-order valence-electron chi connectivity index (χ2n) is 4.30. The molecule has 4 nitrogen and oxygen atoms in total. The van der Waals surface area contributed by atoms with Crippen LogP contribution in [0.5, 0.6) is 0 Å². The number of halogens is 1. The van der Waals surface area contributed by atoms with Crippen molar-refractivity contribution in [2.45, 2.75) is 25.0 Å². The molecule has 1 saturated heterocycles. The van der Waals surface area contributed by atoms with E-state index in [1.807, 2.05) is 0 Å². The number of rotatable bonds is 3. The molecule has 94 valence electrons. The van der Waals surface area contributed by atoms with Crippen molar-refractivity contribution in [1.82, 2.24) is 4.98 Å². The summed E-state index contributed by atoms with van der Waals surface area (Å²) >= 11 is 0. The lowest BCUT2D eigenvalue weighted by Crippen LogP contribution is -2.49. The first-order valence-electron chi connectivity index (χ1n) is 5.85. The normalized spacial score (nSPS) is 25.0. The summed E-state index contributed by atoms with van der Waals surface area (Å²) in [5, 5.41) is 0. The highest BCUT2D eigenvalue weighted by atomic mass is 19.1. The minimum absolute atomic E-state index is 0.215. The van der Waals surface area contributed by atoms with Crippen molar-refractivity contribution in [3.63, 3.8) is 0 Å². The molecule has 1 aliphatic rings. The molecule has 5 heteroatoms. The Kier molecular flexibility index (Phi) is 3.91. The highest BCUT2D eigenvalue weighted by molar-refractivity contribution is 5.40. The van der Waals surface area contributed by atoms with Crippen LogP contribution in [0.3, 0.4) is 0 Å². The van der Waals surface area contributed by atoms with E-state index in [-0.39, 0.29) is 18.0 Å². The van der Waals surface area contributed by atoms with Crippen molar-refractivity contribution in [2.24, 2.45) is 5.73 Å². The summed E-state index contributed by atoms with van der Waals surface area (Å²) in [6, 6.07) is 3.34. The third-order valence-corrected chi connectivity index (χ3v) is 3.28. The van der Waals surface area contributed by atoms with Crippen molar-refractivity contribution in [3.05, 3.63) is 24.1 Å². The number of pyridine rings is 1. The monoisotopic (exact) mass is 239 g/mol. The highest BCUT2D eigenvalue weighted by Gasteiger charge is 2.28. The molecule has 0 amide bonds. The molecule has 1 aromatic rings. The van der Waals surface area contributed by atoms with Crippen molar-refractivity contribution in [2.75, 3.05) is 25.1 Å². The zero-order valence-electron chi connectivity index (χ0n) is 9.97.